The number of benzene rings is 3. The molecule has 0 radical (unpaired) electrons. The van der Waals surface area contributed by atoms with E-state index >= 15 is 0 Å². The summed E-state index contributed by atoms with van der Waals surface area (Å²) in [5, 5.41) is 2.68. The fraction of sp³-hybridized carbons (Fsp3) is 0.0588. The van der Waals surface area contributed by atoms with Crippen molar-refractivity contribution in [2.24, 2.45) is 0 Å². The minimum atomic E-state index is 1.03. The summed E-state index contributed by atoms with van der Waals surface area (Å²) in [4.78, 5) is 0. The molecule has 4 bridgehead atoms. The van der Waals surface area contributed by atoms with Gasteiger partial charge in [0.15, 0.2) is 0 Å². The lowest BCUT2D eigenvalue weighted by molar-refractivity contribution is 1.21. The van der Waals surface area contributed by atoms with Crippen molar-refractivity contribution in [1.82, 2.24) is 0 Å². The van der Waals surface area contributed by atoms with Gasteiger partial charge in [0.1, 0.15) is 0 Å². The average Bonchev–Trinajstić information content (AvgIpc) is 2.52. The zero-order valence-electron chi connectivity index (χ0n) is 9.48. The molecule has 17 heavy (non-hydrogen) atoms. The summed E-state index contributed by atoms with van der Waals surface area (Å²) in [5.74, 6) is 0. The van der Waals surface area contributed by atoms with Gasteiger partial charge in [-0.05, 0) is 45.5 Å². The van der Waals surface area contributed by atoms with Crippen LogP contribution < -0.4 is 0 Å². The van der Waals surface area contributed by atoms with Gasteiger partial charge in [-0.2, -0.15) is 0 Å². The Morgan fingerprint density at radius 1 is 0.706 bits per heavy atom. The van der Waals surface area contributed by atoms with Crippen molar-refractivity contribution >= 4 is 10.8 Å². The van der Waals surface area contributed by atoms with Gasteiger partial charge in [0.05, 0.1) is 0 Å². The number of hydrogen-bond donors (Lipinski definition) is 0. The predicted octanol–water partition coefficient (Wildman–Crippen LogP) is 4.41. The van der Waals surface area contributed by atoms with Crippen LogP contribution in [-0.2, 0) is 6.42 Å². The predicted molar refractivity (Wildman–Crippen MR) is 72.2 cm³/mol. The Balaban J connectivity index is 2.19. The van der Waals surface area contributed by atoms with Crippen molar-refractivity contribution in [2.75, 3.05) is 0 Å². The zero-order chi connectivity index (χ0) is 11.2. The molecule has 80 valence electrons. The SMILES string of the molecule is c1ccc2c(c1)Cc1ccc3cc-2ccc3c1. The quantitative estimate of drug-likeness (QED) is 0.408. The molecule has 3 aromatic rings. The van der Waals surface area contributed by atoms with Gasteiger partial charge in [-0.15, -0.1) is 0 Å². The van der Waals surface area contributed by atoms with Gasteiger partial charge in [-0.1, -0.05) is 54.6 Å². The molecule has 0 heteroatoms. The van der Waals surface area contributed by atoms with Gasteiger partial charge >= 0.3 is 0 Å². The van der Waals surface area contributed by atoms with E-state index in [-0.39, 0.29) is 0 Å². The fourth-order valence-electron chi connectivity index (χ4n) is 2.75. The monoisotopic (exact) mass is 216 g/mol. The molecule has 0 amide bonds. The highest BCUT2D eigenvalue weighted by atomic mass is 14.1. The van der Waals surface area contributed by atoms with E-state index < -0.39 is 0 Å². The molecular formula is C17H12. The Kier molecular flexibility index (Phi) is 1.70. The Morgan fingerprint density at radius 3 is 2.53 bits per heavy atom. The first kappa shape index (κ1) is 9.00. The second kappa shape index (κ2) is 3.21. The van der Waals surface area contributed by atoms with Crippen molar-refractivity contribution in [1.29, 1.82) is 0 Å². The van der Waals surface area contributed by atoms with Crippen LogP contribution in [0.2, 0.25) is 0 Å². The lowest BCUT2D eigenvalue weighted by Gasteiger charge is -2.07. The summed E-state index contributed by atoms with van der Waals surface area (Å²) in [6, 6.07) is 22.3. The molecule has 0 saturated heterocycles. The lowest BCUT2D eigenvalue weighted by Crippen LogP contribution is -1.89. The summed E-state index contributed by atoms with van der Waals surface area (Å²) < 4.78 is 0. The Hall–Kier alpha value is -2.08. The van der Waals surface area contributed by atoms with Crippen LogP contribution in [0.15, 0.2) is 60.7 Å². The van der Waals surface area contributed by atoms with E-state index in [0.717, 1.165) is 6.42 Å². The molecular weight excluding hydrogens is 204 g/mol. The molecule has 2 aliphatic rings. The van der Waals surface area contributed by atoms with Crippen molar-refractivity contribution < 1.29 is 0 Å². The van der Waals surface area contributed by atoms with Gasteiger partial charge in [0.25, 0.3) is 0 Å². The maximum absolute atomic E-state index is 2.31. The molecule has 0 nitrogen and oxygen atoms in total. The molecule has 0 atom stereocenters. The molecule has 0 spiro atoms. The summed E-state index contributed by atoms with van der Waals surface area (Å²) in [6.07, 6.45) is 1.03. The van der Waals surface area contributed by atoms with E-state index in [1.165, 1.54) is 33.0 Å². The topological polar surface area (TPSA) is 0 Å². The minimum absolute atomic E-state index is 1.03. The van der Waals surface area contributed by atoms with Crippen LogP contribution in [0, 0.1) is 0 Å². The molecule has 0 fully saturated rings. The molecule has 0 N–H and O–H groups in total. The summed E-state index contributed by atoms with van der Waals surface area (Å²) in [6.45, 7) is 0. The second-order valence-corrected chi connectivity index (χ2v) is 4.73. The first-order valence-corrected chi connectivity index (χ1v) is 6.01. The molecule has 0 aromatic heterocycles. The minimum Gasteiger partial charge on any atom is -0.0619 e. The molecule has 2 aliphatic carbocycles. The van der Waals surface area contributed by atoms with Crippen LogP contribution in [-0.4, -0.2) is 0 Å². The van der Waals surface area contributed by atoms with E-state index in [1.54, 1.807) is 0 Å². The van der Waals surface area contributed by atoms with Crippen molar-refractivity contribution in [2.45, 2.75) is 6.42 Å². The normalized spacial score (nSPS) is 12.5. The number of fused-ring (bicyclic) bond motifs is 2. The van der Waals surface area contributed by atoms with Crippen molar-refractivity contribution in [3.05, 3.63) is 71.8 Å². The Morgan fingerprint density at radius 2 is 1.53 bits per heavy atom. The maximum Gasteiger partial charge on any atom is -0.00194 e. The molecule has 5 rings (SSSR count). The highest BCUT2D eigenvalue weighted by Crippen LogP contribution is 2.31. The van der Waals surface area contributed by atoms with Gasteiger partial charge in [0.2, 0.25) is 0 Å². The standard InChI is InChI=1S/C17H12/c1-2-4-17-15(3-1)10-12-5-6-14-11-16(17)8-7-13(14)9-12/h1-9,11H,10H2. The van der Waals surface area contributed by atoms with Crippen LogP contribution in [0.25, 0.3) is 21.9 Å². The van der Waals surface area contributed by atoms with Crippen LogP contribution in [0.4, 0.5) is 0 Å². The van der Waals surface area contributed by atoms with Crippen molar-refractivity contribution in [3.63, 3.8) is 0 Å². The smallest absolute Gasteiger partial charge is 0.00194 e. The van der Waals surface area contributed by atoms with Crippen LogP contribution in [0.1, 0.15) is 11.1 Å². The average molecular weight is 216 g/mol. The van der Waals surface area contributed by atoms with E-state index in [0.29, 0.717) is 0 Å². The fourth-order valence-corrected chi connectivity index (χ4v) is 2.75. The summed E-state index contributed by atoms with van der Waals surface area (Å²) in [5.41, 5.74) is 5.53. The van der Waals surface area contributed by atoms with Gasteiger partial charge in [-0.3, -0.25) is 0 Å². The third kappa shape index (κ3) is 1.31. The van der Waals surface area contributed by atoms with E-state index in [1.807, 2.05) is 0 Å². The van der Waals surface area contributed by atoms with Gasteiger partial charge < -0.3 is 0 Å². The first-order chi connectivity index (χ1) is 8.40. The van der Waals surface area contributed by atoms with Crippen LogP contribution >= 0.6 is 0 Å². The molecule has 0 saturated carbocycles. The highest BCUT2D eigenvalue weighted by Gasteiger charge is 2.09. The van der Waals surface area contributed by atoms with E-state index in [2.05, 4.69) is 60.7 Å². The largest absolute Gasteiger partial charge is 0.0619 e. The Labute approximate surface area is 101 Å². The third-order valence-corrected chi connectivity index (χ3v) is 3.63. The molecule has 0 unspecified atom stereocenters. The van der Waals surface area contributed by atoms with Crippen LogP contribution in [0.3, 0.4) is 0 Å². The van der Waals surface area contributed by atoms with E-state index in [4.69, 9.17) is 0 Å². The summed E-state index contributed by atoms with van der Waals surface area (Å²) >= 11 is 0. The number of rotatable bonds is 0. The van der Waals surface area contributed by atoms with Crippen LogP contribution in [0.5, 0.6) is 0 Å². The zero-order valence-corrected chi connectivity index (χ0v) is 9.48. The second-order valence-electron chi connectivity index (χ2n) is 4.73. The van der Waals surface area contributed by atoms with E-state index in [9.17, 15) is 0 Å². The first-order valence-electron chi connectivity index (χ1n) is 6.01. The molecule has 0 aliphatic heterocycles. The van der Waals surface area contributed by atoms with Crippen molar-refractivity contribution in [3.8, 4) is 11.1 Å². The van der Waals surface area contributed by atoms with Gasteiger partial charge in [0, 0.05) is 0 Å². The van der Waals surface area contributed by atoms with Gasteiger partial charge in [-0.25, -0.2) is 0 Å². The highest BCUT2D eigenvalue weighted by molar-refractivity contribution is 5.89. The Bertz CT molecular complexity index is 723. The molecule has 0 heterocycles. The maximum atomic E-state index is 2.31. The summed E-state index contributed by atoms with van der Waals surface area (Å²) in [7, 11) is 0. The third-order valence-electron chi connectivity index (χ3n) is 3.63. The molecule has 3 aromatic carbocycles. The lowest BCUT2D eigenvalue weighted by atomic mass is 9.97. The number of hydrogen-bond acceptors (Lipinski definition) is 0.